The Kier molecular flexibility index (Phi) is 7.62. The summed E-state index contributed by atoms with van der Waals surface area (Å²) >= 11 is 2.05. The van der Waals surface area contributed by atoms with Gasteiger partial charge in [0.15, 0.2) is 23.7 Å². The van der Waals surface area contributed by atoms with Crippen molar-refractivity contribution in [3.05, 3.63) is 29.4 Å². The minimum atomic E-state index is -1.80. The van der Waals surface area contributed by atoms with Gasteiger partial charge in [-0.2, -0.15) is 9.36 Å². The van der Waals surface area contributed by atoms with Crippen LogP contribution in [0, 0.1) is 0 Å². The lowest BCUT2D eigenvalue weighted by Gasteiger charge is -2.49. The molecule has 42 heavy (non-hydrogen) atoms. The van der Waals surface area contributed by atoms with Crippen molar-refractivity contribution in [2.45, 2.75) is 50.4 Å². The lowest BCUT2D eigenvalue weighted by molar-refractivity contribution is -0.768. The predicted molar refractivity (Wildman–Crippen MR) is 146 cm³/mol. The normalized spacial score (nSPS) is 20.4. The lowest BCUT2D eigenvalue weighted by Crippen LogP contribution is -2.71. The Morgan fingerprint density at radius 2 is 2.10 bits per heavy atom. The number of carbonyl (C=O) groups is 5. The number of β-lactam (4-membered cyclic amide) rings is 1. The van der Waals surface area contributed by atoms with Gasteiger partial charge in [-0.1, -0.05) is 5.16 Å². The van der Waals surface area contributed by atoms with Crippen LogP contribution in [-0.2, 0) is 41.9 Å². The number of nitrogens with one attached hydrogen (secondary N) is 1. The van der Waals surface area contributed by atoms with E-state index in [1.54, 1.807) is 17.2 Å². The number of nitrogens with zero attached hydrogens (tertiary/aromatic N) is 7. The van der Waals surface area contributed by atoms with Crippen molar-refractivity contribution < 1.29 is 43.7 Å². The average molecular weight is 621 g/mol. The zero-order valence-corrected chi connectivity index (χ0v) is 23.9. The number of nitrogen functional groups attached to an aromatic ring is 1. The Hall–Kier alpha value is -4.52. The van der Waals surface area contributed by atoms with Gasteiger partial charge in [-0.3, -0.25) is 24.2 Å². The van der Waals surface area contributed by atoms with E-state index in [4.69, 9.17) is 10.6 Å². The van der Waals surface area contributed by atoms with Crippen LogP contribution in [0.5, 0.6) is 0 Å². The minimum absolute atomic E-state index is 0.0153. The summed E-state index contributed by atoms with van der Waals surface area (Å²) in [5, 5.41) is 24.9. The molecule has 222 valence electrons. The molecular weight excluding hydrogens is 594 g/mol. The first kappa shape index (κ1) is 29.0. The van der Waals surface area contributed by atoms with Crippen molar-refractivity contribution in [1.29, 1.82) is 0 Å². The SMILES string of the molecule is CC(C)(ON=C(C(=O)N[C@@H]1C(=O)N2C(C(=O)O)=C(C[n+]3ccc4n3CCCN4C=O)CS[C@H]12)c1nsc(N)n1)C(=O)O. The third kappa shape index (κ3) is 5.15. The molecule has 19 heteroatoms. The molecule has 3 aliphatic rings. The summed E-state index contributed by atoms with van der Waals surface area (Å²) in [5.74, 6) is -3.50. The molecule has 17 nitrogen and oxygen atoms in total. The lowest BCUT2D eigenvalue weighted by atomic mass is 10.0. The fourth-order valence-electron chi connectivity index (χ4n) is 4.61. The first-order valence-electron chi connectivity index (χ1n) is 12.5. The number of rotatable bonds is 10. The van der Waals surface area contributed by atoms with E-state index < -0.39 is 46.5 Å². The second kappa shape index (κ2) is 11.0. The highest BCUT2D eigenvalue weighted by Gasteiger charge is 2.55. The van der Waals surface area contributed by atoms with E-state index in [-0.39, 0.29) is 29.0 Å². The van der Waals surface area contributed by atoms with Gasteiger partial charge in [0.25, 0.3) is 11.8 Å². The van der Waals surface area contributed by atoms with Crippen molar-refractivity contribution in [1.82, 2.24) is 24.3 Å². The molecule has 0 saturated carbocycles. The molecule has 2 aromatic rings. The molecule has 5 heterocycles. The molecule has 3 aliphatic heterocycles. The van der Waals surface area contributed by atoms with Gasteiger partial charge in [0.2, 0.25) is 23.5 Å². The van der Waals surface area contributed by atoms with Gasteiger partial charge in [-0.05, 0) is 20.3 Å². The molecule has 1 fully saturated rings. The van der Waals surface area contributed by atoms with E-state index in [1.165, 1.54) is 25.6 Å². The number of nitrogens with two attached hydrogens (primary N) is 1. The molecule has 3 amide bonds. The highest BCUT2D eigenvalue weighted by atomic mass is 32.2. The molecule has 5 rings (SSSR count). The van der Waals surface area contributed by atoms with E-state index in [0.717, 1.165) is 29.3 Å². The van der Waals surface area contributed by atoms with Crippen LogP contribution in [0.3, 0.4) is 0 Å². The van der Waals surface area contributed by atoms with E-state index >= 15 is 0 Å². The van der Waals surface area contributed by atoms with Crippen LogP contribution in [0.4, 0.5) is 10.9 Å². The van der Waals surface area contributed by atoms with Crippen LogP contribution in [0.1, 0.15) is 26.1 Å². The van der Waals surface area contributed by atoms with Gasteiger partial charge >= 0.3 is 11.9 Å². The Morgan fingerprint density at radius 1 is 1.33 bits per heavy atom. The first-order chi connectivity index (χ1) is 19.9. The zero-order valence-electron chi connectivity index (χ0n) is 22.3. The summed E-state index contributed by atoms with van der Waals surface area (Å²) in [6.45, 7) is 3.86. The van der Waals surface area contributed by atoms with Crippen LogP contribution in [0.25, 0.3) is 0 Å². The average Bonchev–Trinajstić information content (AvgIpc) is 3.57. The maximum absolute atomic E-state index is 13.2. The molecule has 0 unspecified atom stereocenters. The topological polar surface area (TPSA) is 227 Å². The highest BCUT2D eigenvalue weighted by Crippen LogP contribution is 2.40. The number of oxime groups is 1. The smallest absolute Gasteiger partial charge is 0.352 e. The summed E-state index contributed by atoms with van der Waals surface area (Å²) in [4.78, 5) is 73.3. The summed E-state index contributed by atoms with van der Waals surface area (Å²) in [6, 6.07) is 0.667. The van der Waals surface area contributed by atoms with E-state index in [0.29, 0.717) is 24.5 Å². The number of carbonyl (C=O) groups excluding carboxylic acids is 3. The van der Waals surface area contributed by atoms with Crippen LogP contribution in [-0.4, -0.2) is 94.3 Å². The molecule has 1 saturated heterocycles. The fourth-order valence-corrected chi connectivity index (χ4v) is 6.38. The zero-order chi connectivity index (χ0) is 30.3. The van der Waals surface area contributed by atoms with Crippen LogP contribution >= 0.6 is 23.3 Å². The Morgan fingerprint density at radius 3 is 2.74 bits per heavy atom. The minimum Gasteiger partial charge on any atom is -0.478 e. The van der Waals surface area contributed by atoms with Gasteiger partial charge in [0.1, 0.15) is 17.1 Å². The largest absolute Gasteiger partial charge is 0.478 e. The second-order valence-corrected chi connectivity index (χ2v) is 11.9. The number of aliphatic carboxylic acids is 2. The van der Waals surface area contributed by atoms with Crippen LogP contribution in [0.15, 0.2) is 28.7 Å². The van der Waals surface area contributed by atoms with Crippen molar-refractivity contribution >= 4 is 70.1 Å². The van der Waals surface area contributed by atoms with Crippen molar-refractivity contribution in [2.24, 2.45) is 5.16 Å². The Labute approximate surface area is 245 Å². The second-order valence-electron chi connectivity index (χ2n) is 9.97. The quantitative estimate of drug-likeness (QED) is 0.0791. The number of thioether (sulfide) groups is 1. The van der Waals surface area contributed by atoms with Crippen molar-refractivity contribution in [2.75, 3.05) is 22.9 Å². The van der Waals surface area contributed by atoms with E-state index in [9.17, 15) is 34.2 Å². The standard InChI is InChI=1S/C23H25N9O8S2/c1-23(2,21(38)39)40-27-13(16-26-22(24)42-28-16)17(34)25-14-18(35)32-15(20(36)37)11(9-41-19(14)32)8-30-7-4-12-29(10-33)5-3-6-31(12)30/h4,7,10,14,19H,3,5-6,8-9H2,1-2H3,(H4-,24,25,26,28,34,36,37,38,39)/p+1/t14-,19-/m1/s1. The van der Waals surface area contributed by atoms with E-state index in [2.05, 4.69) is 19.8 Å². The summed E-state index contributed by atoms with van der Waals surface area (Å²) in [7, 11) is 0. The number of carboxylic acids is 2. The number of fused-ring (bicyclic) bond motifs is 2. The molecule has 0 aliphatic carbocycles. The highest BCUT2D eigenvalue weighted by molar-refractivity contribution is 8.00. The number of carboxylic acid groups (broad SMARTS) is 2. The maximum Gasteiger partial charge on any atom is 0.352 e. The molecule has 2 aromatic heterocycles. The molecular formula is C23H26N9O8S2+. The summed E-state index contributed by atoms with van der Waals surface area (Å²) in [5.41, 5.74) is 3.65. The summed E-state index contributed by atoms with van der Waals surface area (Å²) < 4.78 is 7.62. The predicted octanol–water partition coefficient (Wildman–Crippen LogP) is -1.40. The molecule has 0 spiro atoms. The third-order valence-corrected chi connectivity index (χ3v) is 8.68. The third-order valence-electron chi connectivity index (χ3n) is 6.80. The van der Waals surface area contributed by atoms with Crippen molar-refractivity contribution in [3.63, 3.8) is 0 Å². The molecule has 2 atom stereocenters. The maximum atomic E-state index is 13.2. The van der Waals surface area contributed by atoms with E-state index in [1.807, 2.05) is 9.36 Å². The van der Waals surface area contributed by atoms with Crippen LogP contribution in [0.2, 0.25) is 0 Å². The number of hydrogen-bond donors (Lipinski definition) is 4. The van der Waals surface area contributed by atoms with Gasteiger partial charge < -0.3 is 26.1 Å². The van der Waals surface area contributed by atoms with Gasteiger partial charge in [-0.15, -0.1) is 21.1 Å². The Bertz CT molecular complexity index is 1550. The summed E-state index contributed by atoms with van der Waals surface area (Å²) in [6.07, 6.45) is 3.25. The van der Waals surface area contributed by atoms with Gasteiger partial charge in [0, 0.05) is 29.4 Å². The Balaban J connectivity index is 1.36. The molecule has 5 N–H and O–H groups in total. The number of aromatic nitrogens is 4. The van der Waals surface area contributed by atoms with Crippen molar-refractivity contribution in [3.8, 4) is 0 Å². The fraction of sp³-hybridized carbons (Fsp3) is 0.435. The molecule has 0 bridgehead atoms. The molecule has 0 radical (unpaired) electrons. The molecule has 0 aromatic carbocycles. The number of amides is 3. The van der Waals surface area contributed by atoms with Gasteiger partial charge in [0.05, 0.1) is 12.6 Å². The number of anilines is 2. The van der Waals surface area contributed by atoms with Gasteiger partial charge in [-0.25, -0.2) is 9.59 Å². The number of hydrogen-bond acceptors (Lipinski definition) is 12. The van der Waals surface area contributed by atoms with Crippen LogP contribution < -0.4 is 20.6 Å². The monoisotopic (exact) mass is 620 g/mol. The first-order valence-corrected chi connectivity index (χ1v) is 14.4.